The van der Waals surface area contributed by atoms with Crippen molar-refractivity contribution in [3.8, 4) is 5.75 Å². The summed E-state index contributed by atoms with van der Waals surface area (Å²) in [5.41, 5.74) is 6.33. The zero-order valence-electron chi connectivity index (χ0n) is 15.3. The van der Waals surface area contributed by atoms with Crippen LogP contribution in [0.4, 0.5) is 17.3 Å². The van der Waals surface area contributed by atoms with Gasteiger partial charge in [0.05, 0.1) is 18.5 Å². The lowest BCUT2D eigenvalue weighted by atomic mass is 10.1. The second-order valence-corrected chi connectivity index (χ2v) is 6.72. The van der Waals surface area contributed by atoms with Crippen molar-refractivity contribution in [1.82, 2.24) is 0 Å². The summed E-state index contributed by atoms with van der Waals surface area (Å²) in [4.78, 5) is 2.15. The number of ether oxygens (including phenoxy) is 1. The van der Waals surface area contributed by atoms with Gasteiger partial charge in [-0.2, -0.15) is 0 Å². The van der Waals surface area contributed by atoms with E-state index in [-0.39, 0.29) is 0 Å². The van der Waals surface area contributed by atoms with E-state index in [1.807, 2.05) is 30.3 Å². The van der Waals surface area contributed by atoms with Gasteiger partial charge in [0.15, 0.2) is 0 Å². The maximum atomic E-state index is 6.37. The highest BCUT2D eigenvalue weighted by Crippen LogP contribution is 2.48. The van der Waals surface area contributed by atoms with Crippen molar-refractivity contribution in [3.63, 3.8) is 0 Å². The van der Waals surface area contributed by atoms with Gasteiger partial charge in [-0.25, -0.2) is 0 Å². The first-order chi connectivity index (χ1) is 13.3. The van der Waals surface area contributed by atoms with E-state index in [4.69, 9.17) is 9.15 Å². The van der Waals surface area contributed by atoms with Crippen LogP contribution in [-0.2, 0) is 0 Å². The number of methoxy groups -OCH3 is 1. The fraction of sp³-hybridized carbons (Fsp3) is 0.0833. The van der Waals surface area contributed by atoms with Crippen molar-refractivity contribution in [1.29, 1.82) is 0 Å². The Hall–Kier alpha value is -3.46. The van der Waals surface area contributed by atoms with Gasteiger partial charge in [-0.1, -0.05) is 48.0 Å². The minimum atomic E-state index is 0.803. The Morgan fingerprint density at radius 2 is 1.63 bits per heavy atom. The number of hydrogen-bond acceptors (Lipinski definition) is 3. The Kier molecular flexibility index (Phi) is 3.54. The van der Waals surface area contributed by atoms with Crippen LogP contribution >= 0.6 is 0 Å². The largest absolute Gasteiger partial charge is 0.495 e. The first-order valence-corrected chi connectivity index (χ1v) is 8.99. The lowest BCUT2D eigenvalue weighted by Gasteiger charge is -2.25. The Morgan fingerprint density at radius 3 is 2.48 bits per heavy atom. The van der Waals surface area contributed by atoms with Gasteiger partial charge in [0, 0.05) is 10.9 Å². The zero-order chi connectivity index (χ0) is 18.4. The average Bonchev–Trinajstić information content (AvgIpc) is 2.96. The molecule has 0 unspecified atom stereocenters. The molecule has 0 spiro atoms. The molecule has 0 aliphatic carbocycles. The average molecular weight is 353 g/mol. The van der Waals surface area contributed by atoms with Crippen LogP contribution in [-0.4, -0.2) is 7.11 Å². The number of furan rings is 1. The maximum Gasteiger partial charge on any atom is 0.213 e. The van der Waals surface area contributed by atoms with E-state index in [9.17, 15) is 0 Å². The Balaban J connectivity index is 1.87. The molecule has 0 saturated heterocycles. The SMILES string of the molecule is COc1ccccc1N1c2ccccc2C=Cc2c1oc1ccc(C)cc21. The van der Waals surface area contributed by atoms with Crippen molar-refractivity contribution < 1.29 is 9.15 Å². The molecule has 0 radical (unpaired) electrons. The Bertz CT molecular complexity index is 1190. The third-order valence-corrected chi connectivity index (χ3v) is 5.00. The second kappa shape index (κ2) is 6.06. The molecule has 0 fully saturated rings. The van der Waals surface area contributed by atoms with Crippen molar-refractivity contribution in [3.05, 3.63) is 83.4 Å². The first-order valence-electron chi connectivity index (χ1n) is 8.99. The van der Waals surface area contributed by atoms with Gasteiger partial charge in [0.2, 0.25) is 5.88 Å². The van der Waals surface area contributed by atoms with Crippen molar-refractivity contribution in [2.75, 3.05) is 12.0 Å². The van der Waals surface area contributed by atoms with E-state index in [1.165, 1.54) is 5.56 Å². The molecule has 2 heterocycles. The summed E-state index contributed by atoms with van der Waals surface area (Å²) in [5, 5.41) is 1.12. The van der Waals surface area contributed by atoms with Gasteiger partial charge < -0.3 is 9.15 Å². The molecule has 132 valence electrons. The van der Waals surface area contributed by atoms with Gasteiger partial charge >= 0.3 is 0 Å². The topological polar surface area (TPSA) is 25.6 Å². The normalized spacial score (nSPS) is 12.6. The van der Waals surface area contributed by atoms with Gasteiger partial charge in [0.25, 0.3) is 0 Å². The van der Waals surface area contributed by atoms with Gasteiger partial charge in [-0.05, 0) is 48.9 Å². The third-order valence-electron chi connectivity index (χ3n) is 5.00. The molecule has 1 aliphatic rings. The van der Waals surface area contributed by atoms with Gasteiger partial charge in [0.1, 0.15) is 11.3 Å². The second-order valence-electron chi connectivity index (χ2n) is 6.72. The summed E-state index contributed by atoms with van der Waals surface area (Å²) in [6.45, 7) is 2.10. The molecule has 1 aromatic heterocycles. The highest BCUT2D eigenvalue weighted by atomic mass is 16.5. The van der Waals surface area contributed by atoms with E-state index in [0.29, 0.717) is 0 Å². The van der Waals surface area contributed by atoms with E-state index in [2.05, 4.69) is 60.4 Å². The molecule has 5 rings (SSSR count). The van der Waals surface area contributed by atoms with Crippen LogP contribution in [0.1, 0.15) is 16.7 Å². The fourth-order valence-electron chi connectivity index (χ4n) is 3.71. The van der Waals surface area contributed by atoms with E-state index in [0.717, 1.165) is 45.1 Å². The smallest absolute Gasteiger partial charge is 0.213 e. The van der Waals surface area contributed by atoms with Crippen molar-refractivity contribution in [2.45, 2.75) is 6.92 Å². The molecule has 27 heavy (non-hydrogen) atoms. The number of anilines is 3. The monoisotopic (exact) mass is 353 g/mol. The summed E-state index contributed by atoms with van der Waals surface area (Å²) < 4.78 is 12.0. The number of hydrogen-bond donors (Lipinski definition) is 0. The number of aryl methyl sites for hydroxylation is 1. The molecule has 4 aromatic rings. The lowest BCUT2D eigenvalue weighted by molar-refractivity contribution is 0.415. The molecule has 3 heteroatoms. The van der Waals surface area contributed by atoms with Crippen LogP contribution in [0.25, 0.3) is 23.1 Å². The molecule has 0 amide bonds. The molecule has 0 bridgehead atoms. The van der Waals surface area contributed by atoms with Crippen LogP contribution in [0.15, 0.2) is 71.1 Å². The zero-order valence-corrected chi connectivity index (χ0v) is 15.3. The molecule has 0 N–H and O–H groups in total. The minimum absolute atomic E-state index is 0.803. The van der Waals surface area contributed by atoms with Gasteiger partial charge in [-0.15, -0.1) is 0 Å². The standard InChI is InChI=1S/C24H19NO2/c1-16-11-14-22-19(15-16)18-13-12-17-7-3-4-8-20(17)25(24(18)27-22)21-9-5-6-10-23(21)26-2/h3-15H,1-2H3. The van der Waals surface area contributed by atoms with Crippen molar-refractivity contribution >= 4 is 40.4 Å². The summed E-state index contributed by atoms with van der Waals surface area (Å²) >= 11 is 0. The summed E-state index contributed by atoms with van der Waals surface area (Å²) in [7, 11) is 1.70. The summed E-state index contributed by atoms with van der Waals surface area (Å²) in [6, 6.07) is 22.7. The van der Waals surface area contributed by atoms with Gasteiger partial charge in [-0.3, -0.25) is 4.90 Å². The summed E-state index contributed by atoms with van der Waals surface area (Å²) in [6.07, 6.45) is 4.30. The number of nitrogens with zero attached hydrogens (tertiary/aromatic N) is 1. The van der Waals surface area contributed by atoms with Crippen LogP contribution in [0.2, 0.25) is 0 Å². The quantitative estimate of drug-likeness (QED) is 0.353. The van der Waals surface area contributed by atoms with E-state index >= 15 is 0 Å². The Morgan fingerprint density at radius 1 is 0.852 bits per heavy atom. The molecule has 0 atom stereocenters. The van der Waals surface area contributed by atoms with Crippen LogP contribution in [0.5, 0.6) is 5.75 Å². The predicted molar refractivity (Wildman–Crippen MR) is 111 cm³/mol. The molecule has 1 aliphatic heterocycles. The highest BCUT2D eigenvalue weighted by molar-refractivity contribution is 6.02. The number of fused-ring (bicyclic) bond motifs is 4. The Labute approximate surface area is 158 Å². The number of rotatable bonds is 2. The minimum Gasteiger partial charge on any atom is -0.495 e. The maximum absolute atomic E-state index is 6.37. The molecule has 0 saturated carbocycles. The first kappa shape index (κ1) is 15.8. The fourth-order valence-corrected chi connectivity index (χ4v) is 3.71. The van der Waals surface area contributed by atoms with Crippen LogP contribution in [0, 0.1) is 6.92 Å². The van der Waals surface area contributed by atoms with Crippen LogP contribution < -0.4 is 9.64 Å². The third kappa shape index (κ3) is 2.43. The highest BCUT2D eigenvalue weighted by Gasteiger charge is 2.27. The van der Waals surface area contributed by atoms with E-state index in [1.54, 1.807) is 7.11 Å². The lowest BCUT2D eigenvalue weighted by Crippen LogP contribution is -2.11. The number of benzene rings is 3. The summed E-state index contributed by atoms with van der Waals surface area (Å²) in [5.74, 6) is 1.61. The number of para-hydroxylation sites is 3. The van der Waals surface area contributed by atoms with E-state index < -0.39 is 0 Å². The molecular formula is C24H19NO2. The van der Waals surface area contributed by atoms with Crippen molar-refractivity contribution in [2.24, 2.45) is 0 Å². The molecule has 3 aromatic carbocycles. The molecule has 3 nitrogen and oxygen atoms in total. The van der Waals surface area contributed by atoms with Crippen LogP contribution in [0.3, 0.4) is 0 Å². The predicted octanol–water partition coefficient (Wildman–Crippen LogP) is 6.70. The molecular weight excluding hydrogens is 334 g/mol.